The molecule has 0 spiro atoms. The molecule has 0 saturated carbocycles. The molecule has 2 atom stereocenters. The van der Waals surface area contributed by atoms with Crippen LogP contribution in [0.25, 0.3) is 0 Å². The van der Waals surface area contributed by atoms with Crippen molar-refractivity contribution in [2.45, 2.75) is 44.6 Å². The number of hydrogen-bond acceptors (Lipinski definition) is 2. The number of benzene rings is 1. The van der Waals surface area contributed by atoms with Gasteiger partial charge in [0, 0.05) is 18.7 Å². The molecule has 130 valence electrons. The lowest BCUT2D eigenvalue weighted by molar-refractivity contribution is -0.159. The maximum absolute atomic E-state index is 13.9. The van der Waals surface area contributed by atoms with Gasteiger partial charge in [-0.25, -0.2) is 4.39 Å². The standard InChI is InChI=1S/C16H16F4N2O2/c1-9-14(23)21-6-2-3-13(21)15(24)22(9)8-10-7-11(16(18,19)20)4-5-12(10)17/h4-5,7,9,13H,2-3,6,8H2,1H3/t9-,13-/m0/s1. The van der Waals surface area contributed by atoms with Crippen molar-refractivity contribution in [1.29, 1.82) is 0 Å². The first-order chi connectivity index (χ1) is 11.2. The monoisotopic (exact) mass is 344 g/mol. The summed E-state index contributed by atoms with van der Waals surface area (Å²) in [5.41, 5.74) is -1.23. The van der Waals surface area contributed by atoms with Gasteiger partial charge in [0.15, 0.2) is 0 Å². The van der Waals surface area contributed by atoms with Gasteiger partial charge < -0.3 is 9.80 Å². The Kier molecular flexibility index (Phi) is 4.01. The Morgan fingerprint density at radius 2 is 1.92 bits per heavy atom. The fourth-order valence-electron chi connectivity index (χ4n) is 3.31. The molecule has 2 fully saturated rings. The van der Waals surface area contributed by atoms with Gasteiger partial charge in [-0.1, -0.05) is 0 Å². The number of nitrogens with zero attached hydrogens (tertiary/aromatic N) is 2. The molecule has 2 heterocycles. The number of halogens is 4. The number of carbonyl (C=O) groups is 2. The Hall–Kier alpha value is -2.12. The second kappa shape index (κ2) is 5.75. The average molecular weight is 344 g/mol. The highest BCUT2D eigenvalue weighted by molar-refractivity contribution is 5.97. The van der Waals surface area contributed by atoms with Gasteiger partial charge in [-0.15, -0.1) is 0 Å². The molecule has 0 aromatic heterocycles. The van der Waals surface area contributed by atoms with Gasteiger partial charge in [0.2, 0.25) is 11.8 Å². The Bertz CT molecular complexity index is 689. The molecule has 2 aliphatic rings. The van der Waals surface area contributed by atoms with Crippen molar-refractivity contribution in [2.24, 2.45) is 0 Å². The van der Waals surface area contributed by atoms with Gasteiger partial charge in [-0.3, -0.25) is 9.59 Å². The van der Waals surface area contributed by atoms with E-state index in [0.717, 1.165) is 6.07 Å². The fourth-order valence-corrected chi connectivity index (χ4v) is 3.31. The molecule has 0 N–H and O–H groups in total. The maximum atomic E-state index is 13.9. The highest BCUT2D eigenvalue weighted by Crippen LogP contribution is 2.32. The minimum atomic E-state index is -4.60. The number of fused-ring (bicyclic) bond motifs is 1. The van der Waals surface area contributed by atoms with Crippen molar-refractivity contribution < 1.29 is 27.2 Å². The van der Waals surface area contributed by atoms with Crippen LogP contribution in [0.15, 0.2) is 18.2 Å². The average Bonchev–Trinajstić information content (AvgIpc) is 2.99. The van der Waals surface area contributed by atoms with Gasteiger partial charge in [0.1, 0.15) is 17.9 Å². The molecule has 0 aliphatic carbocycles. The van der Waals surface area contributed by atoms with Crippen LogP contribution in [0.2, 0.25) is 0 Å². The lowest BCUT2D eigenvalue weighted by Gasteiger charge is -2.41. The first kappa shape index (κ1) is 16.7. The van der Waals surface area contributed by atoms with Crippen LogP contribution < -0.4 is 0 Å². The summed E-state index contributed by atoms with van der Waals surface area (Å²) in [6.07, 6.45) is -3.36. The minimum absolute atomic E-state index is 0.246. The molecular weight excluding hydrogens is 328 g/mol. The Labute approximate surface area is 136 Å². The van der Waals surface area contributed by atoms with Gasteiger partial charge >= 0.3 is 6.18 Å². The smallest absolute Gasteiger partial charge is 0.329 e. The summed E-state index contributed by atoms with van der Waals surface area (Å²) in [5.74, 6) is -1.41. The summed E-state index contributed by atoms with van der Waals surface area (Å²) in [5, 5.41) is 0. The molecule has 0 unspecified atom stereocenters. The third-order valence-electron chi connectivity index (χ3n) is 4.64. The van der Waals surface area contributed by atoms with Crippen LogP contribution in [0.3, 0.4) is 0 Å². The molecule has 1 aromatic carbocycles. The number of piperazine rings is 1. The zero-order chi connectivity index (χ0) is 17.6. The first-order valence-corrected chi connectivity index (χ1v) is 7.66. The summed E-state index contributed by atoms with van der Waals surface area (Å²) in [7, 11) is 0. The molecular formula is C16H16F4N2O2. The van der Waals surface area contributed by atoms with Crippen LogP contribution >= 0.6 is 0 Å². The fraction of sp³-hybridized carbons (Fsp3) is 0.500. The van der Waals surface area contributed by atoms with Crippen LogP contribution in [0.4, 0.5) is 17.6 Å². The predicted molar refractivity (Wildman–Crippen MR) is 76.1 cm³/mol. The highest BCUT2D eigenvalue weighted by atomic mass is 19.4. The van der Waals surface area contributed by atoms with Gasteiger partial charge in [-0.2, -0.15) is 13.2 Å². The van der Waals surface area contributed by atoms with Crippen LogP contribution in [0.5, 0.6) is 0 Å². The van der Waals surface area contributed by atoms with Crippen LogP contribution in [-0.2, 0) is 22.3 Å². The quantitative estimate of drug-likeness (QED) is 0.774. The molecule has 0 radical (unpaired) electrons. The number of carbonyl (C=O) groups excluding carboxylic acids is 2. The van der Waals surface area contributed by atoms with Gasteiger partial charge in [-0.05, 0) is 38.0 Å². The topological polar surface area (TPSA) is 40.6 Å². The van der Waals surface area contributed by atoms with E-state index in [1.54, 1.807) is 0 Å². The van der Waals surface area contributed by atoms with Crippen LogP contribution in [0.1, 0.15) is 30.9 Å². The second-order valence-electron chi connectivity index (χ2n) is 6.14. The number of rotatable bonds is 2. The molecule has 24 heavy (non-hydrogen) atoms. The molecule has 3 rings (SSSR count). The molecule has 2 saturated heterocycles. The van der Waals surface area contributed by atoms with Gasteiger partial charge in [0.25, 0.3) is 0 Å². The zero-order valence-corrected chi connectivity index (χ0v) is 12.9. The highest BCUT2D eigenvalue weighted by Gasteiger charge is 2.46. The van der Waals surface area contributed by atoms with Crippen LogP contribution in [0, 0.1) is 5.82 Å². The first-order valence-electron chi connectivity index (χ1n) is 7.66. The van der Waals surface area contributed by atoms with Crippen molar-refractivity contribution in [3.8, 4) is 0 Å². The SMILES string of the molecule is C[C@H]1C(=O)N2CCC[C@H]2C(=O)N1Cc1cc(C(F)(F)F)ccc1F. The minimum Gasteiger partial charge on any atom is -0.329 e. The van der Waals surface area contributed by atoms with E-state index in [9.17, 15) is 27.2 Å². The molecule has 8 heteroatoms. The van der Waals surface area contributed by atoms with E-state index >= 15 is 0 Å². The van der Waals surface area contributed by atoms with E-state index in [-0.39, 0.29) is 23.9 Å². The number of amides is 2. The van der Waals surface area contributed by atoms with Crippen molar-refractivity contribution in [1.82, 2.24) is 9.80 Å². The third kappa shape index (κ3) is 2.74. The Morgan fingerprint density at radius 1 is 1.21 bits per heavy atom. The summed E-state index contributed by atoms with van der Waals surface area (Å²) in [4.78, 5) is 27.6. The van der Waals surface area contributed by atoms with E-state index in [1.807, 2.05) is 0 Å². The number of hydrogen-bond donors (Lipinski definition) is 0. The molecule has 2 amide bonds. The lowest BCUT2D eigenvalue weighted by Crippen LogP contribution is -2.61. The Morgan fingerprint density at radius 3 is 2.58 bits per heavy atom. The summed E-state index contributed by atoms with van der Waals surface area (Å²) in [6, 6.07) is 0.690. The number of alkyl halides is 3. The summed E-state index contributed by atoms with van der Waals surface area (Å²) >= 11 is 0. The van der Waals surface area contributed by atoms with Crippen LogP contribution in [-0.4, -0.2) is 40.2 Å². The molecule has 0 bridgehead atoms. The van der Waals surface area contributed by atoms with E-state index < -0.39 is 29.6 Å². The van der Waals surface area contributed by atoms with E-state index in [0.29, 0.717) is 31.5 Å². The van der Waals surface area contributed by atoms with Crippen molar-refractivity contribution in [2.75, 3.05) is 6.54 Å². The van der Waals surface area contributed by atoms with Gasteiger partial charge in [0.05, 0.1) is 5.56 Å². The van der Waals surface area contributed by atoms with Crippen molar-refractivity contribution in [3.63, 3.8) is 0 Å². The summed E-state index contributed by atoms with van der Waals surface area (Å²) < 4.78 is 52.3. The normalized spacial score (nSPS) is 24.5. The van der Waals surface area contributed by atoms with E-state index in [4.69, 9.17) is 0 Å². The maximum Gasteiger partial charge on any atom is 0.416 e. The predicted octanol–water partition coefficient (Wildman–Crippen LogP) is 2.57. The van der Waals surface area contributed by atoms with Crippen molar-refractivity contribution >= 4 is 11.8 Å². The Balaban J connectivity index is 1.90. The van der Waals surface area contributed by atoms with E-state index in [1.165, 1.54) is 16.7 Å². The molecule has 1 aromatic rings. The third-order valence-corrected chi connectivity index (χ3v) is 4.64. The summed E-state index contributed by atoms with van der Waals surface area (Å²) in [6.45, 7) is 1.66. The lowest BCUT2D eigenvalue weighted by atomic mass is 10.0. The van der Waals surface area contributed by atoms with E-state index in [2.05, 4.69) is 0 Å². The second-order valence-corrected chi connectivity index (χ2v) is 6.14. The largest absolute Gasteiger partial charge is 0.416 e. The molecule has 2 aliphatic heterocycles. The molecule has 4 nitrogen and oxygen atoms in total. The zero-order valence-electron chi connectivity index (χ0n) is 12.9. The van der Waals surface area contributed by atoms with Crippen molar-refractivity contribution in [3.05, 3.63) is 35.1 Å².